The van der Waals surface area contributed by atoms with Crippen molar-refractivity contribution in [3.8, 4) is 11.5 Å². The van der Waals surface area contributed by atoms with Crippen molar-refractivity contribution in [3.63, 3.8) is 0 Å². The molecular weight excluding hydrogens is 859 g/mol. The maximum atomic E-state index is 5.54. The monoisotopic (exact) mass is 951 g/mol. The predicted molar refractivity (Wildman–Crippen MR) is 277 cm³/mol. The molecule has 0 amide bonds. The Bertz CT molecular complexity index is 1300. The van der Waals surface area contributed by atoms with Gasteiger partial charge in [0.05, 0.1) is 30.0 Å². The van der Waals surface area contributed by atoms with E-state index in [1.807, 2.05) is 92.7 Å². The van der Waals surface area contributed by atoms with Gasteiger partial charge in [-0.2, -0.15) is 0 Å². The summed E-state index contributed by atoms with van der Waals surface area (Å²) < 4.78 is 82.8. The maximum absolute atomic E-state index is 5.54. The molecule has 0 N–H and O–H groups in total. The molecule has 1 unspecified atom stereocenters. The Kier molecular flexibility index (Phi) is 33.6. The van der Waals surface area contributed by atoms with Crippen LogP contribution in [0.5, 0.6) is 11.5 Å². The Morgan fingerprint density at radius 1 is 0.567 bits per heavy atom. The normalized spacial score (nSPS) is 21.6. The molecular formula is C43H90B8O16. The molecule has 6 heterocycles. The quantitative estimate of drug-likeness (QED) is 0.250. The maximum Gasteiger partial charge on any atom is 0.591 e. The highest BCUT2D eigenvalue weighted by molar-refractivity contribution is 6.46. The first kappa shape index (κ1) is 65.8. The molecule has 5 fully saturated rings. The summed E-state index contributed by atoms with van der Waals surface area (Å²) in [5.41, 5.74) is -0.109. The Morgan fingerprint density at radius 2 is 0.985 bits per heavy atom. The van der Waals surface area contributed by atoms with Gasteiger partial charge in [0, 0.05) is 65.4 Å². The fraction of sp³-hybridized carbons (Fsp3) is 0.860. The van der Waals surface area contributed by atoms with E-state index in [1.54, 1.807) is 14.2 Å². The number of hydrogen-bond acceptors (Lipinski definition) is 16. The molecule has 6 aliphatic rings. The molecule has 1 atom stereocenters. The van der Waals surface area contributed by atoms with Crippen LogP contribution >= 0.6 is 0 Å². The standard InChI is InChI=1S/C7H7BO2.2C7H15BO2.C6H13BO2.C5H11BO2.C5H13BO2.C3H7BO2.C3H9BO2/c1-8-9-6-4-2-3-5-7(6)10-8;1-6-5-7(2,3)10-8(4)9-6;1-6(2)7(3,4)10-8(5)9-6;1-6(2)4-8-7(3)9-5-6;1-5-3-7-6(2)8-4-5;1-4-7-6(3)8-5-2;1-4-5-2-3-6-4;1-4(5-2)6-3/h2-5H,1H3;6H,5H2,1-4H3;1-5H3;4-5H2,1-3H3;5H,3-4H2,1-2H3;4-5H2,1-3H3;2-3H2,1H3;1-3H3. The number of rotatable bonds is 6. The molecule has 16 nitrogen and oxygen atoms in total. The molecule has 0 aliphatic carbocycles. The molecule has 0 bridgehead atoms. The van der Waals surface area contributed by atoms with E-state index in [2.05, 4.69) is 78.5 Å². The van der Waals surface area contributed by atoms with E-state index in [-0.39, 0.29) is 79.2 Å². The van der Waals surface area contributed by atoms with Crippen molar-refractivity contribution in [2.24, 2.45) is 11.3 Å². The number of hydrogen-bond donors (Lipinski definition) is 0. The lowest BCUT2D eigenvalue weighted by Crippen LogP contribution is -2.44. The second-order valence-electron chi connectivity index (χ2n) is 19.2. The van der Waals surface area contributed by atoms with Crippen LogP contribution in [0, 0.1) is 11.3 Å². The summed E-state index contributed by atoms with van der Waals surface area (Å²) in [5.74, 6) is 2.26. The summed E-state index contributed by atoms with van der Waals surface area (Å²) in [6.45, 7) is 46.3. The summed E-state index contributed by atoms with van der Waals surface area (Å²) in [6.07, 6.45) is 1.32. The van der Waals surface area contributed by atoms with Gasteiger partial charge in [0.1, 0.15) is 11.5 Å². The van der Waals surface area contributed by atoms with Crippen molar-refractivity contribution in [1.29, 1.82) is 0 Å². The average molecular weight is 950 g/mol. The van der Waals surface area contributed by atoms with Gasteiger partial charge in [-0.05, 0) is 141 Å². The van der Waals surface area contributed by atoms with Gasteiger partial charge >= 0.3 is 56.9 Å². The van der Waals surface area contributed by atoms with Crippen LogP contribution < -0.4 is 9.31 Å². The smallest absolute Gasteiger partial charge is 0.523 e. The predicted octanol–water partition coefficient (Wildman–Crippen LogP) is 8.68. The lowest BCUT2D eigenvalue weighted by molar-refractivity contribution is -0.0261. The molecule has 6 aliphatic heterocycles. The minimum absolute atomic E-state index is 0.00183. The van der Waals surface area contributed by atoms with Gasteiger partial charge in [0.15, 0.2) is 0 Å². The fourth-order valence-corrected chi connectivity index (χ4v) is 6.32. The zero-order valence-electron chi connectivity index (χ0n) is 46.0. The highest BCUT2D eigenvalue weighted by Gasteiger charge is 2.48. The fourth-order valence-electron chi connectivity index (χ4n) is 6.32. The average Bonchev–Trinajstić information content (AvgIpc) is 3.92. The first-order chi connectivity index (χ1) is 31.1. The van der Waals surface area contributed by atoms with Crippen molar-refractivity contribution in [2.75, 3.05) is 67.1 Å². The first-order valence-corrected chi connectivity index (χ1v) is 24.2. The van der Waals surface area contributed by atoms with Crippen molar-refractivity contribution < 1.29 is 74.5 Å². The van der Waals surface area contributed by atoms with E-state index in [1.165, 1.54) is 0 Å². The lowest BCUT2D eigenvalue weighted by atomic mass is 9.86. The van der Waals surface area contributed by atoms with Crippen molar-refractivity contribution in [2.45, 2.75) is 167 Å². The zero-order chi connectivity index (χ0) is 51.4. The third-order valence-electron chi connectivity index (χ3n) is 10.4. The molecule has 0 aromatic heterocycles. The van der Waals surface area contributed by atoms with Crippen LogP contribution in [-0.4, -0.2) is 147 Å². The molecule has 1 aromatic rings. The highest BCUT2D eigenvalue weighted by atomic mass is 16.7. The third-order valence-corrected chi connectivity index (χ3v) is 10.4. The van der Waals surface area contributed by atoms with Gasteiger partial charge in [-0.1, -0.05) is 32.9 Å². The molecule has 382 valence electrons. The summed E-state index contributed by atoms with van der Waals surface area (Å²) in [6, 6.07) is 7.66. The zero-order valence-corrected chi connectivity index (χ0v) is 46.0. The molecule has 0 spiro atoms. The van der Waals surface area contributed by atoms with E-state index >= 15 is 0 Å². The largest absolute Gasteiger partial charge is 0.591 e. The van der Waals surface area contributed by atoms with Crippen LogP contribution in [0.1, 0.15) is 89.5 Å². The first-order valence-electron chi connectivity index (χ1n) is 24.2. The SMILES string of the molecule is CB1OC(C)(C)C(C)(C)O1.CB1OC(C)CC(C)(C)O1.CB1OCC(C)(C)CO1.CB1OCC(C)CO1.CB1OCCO1.CB1Oc2ccccc2O1.CCOB(C)OCC.COB(C)OC. The Balaban J connectivity index is 0.000000748. The molecule has 0 saturated carbocycles. The van der Waals surface area contributed by atoms with E-state index < -0.39 is 0 Å². The van der Waals surface area contributed by atoms with Gasteiger partial charge in [-0.3, -0.25) is 0 Å². The highest BCUT2D eigenvalue weighted by Crippen LogP contribution is 2.36. The summed E-state index contributed by atoms with van der Waals surface area (Å²) in [5, 5.41) is 0. The Morgan fingerprint density at radius 3 is 1.27 bits per heavy atom. The minimum atomic E-state index is -0.160. The van der Waals surface area contributed by atoms with Gasteiger partial charge in [0.25, 0.3) is 0 Å². The summed E-state index contributed by atoms with van der Waals surface area (Å²) in [7, 11) is 2.94. The van der Waals surface area contributed by atoms with Gasteiger partial charge < -0.3 is 74.5 Å². The molecule has 0 radical (unpaired) electrons. The van der Waals surface area contributed by atoms with Crippen LogP contribution in [-0.2, 0) is 65.2 Å². The Labute approximate surface area is 411 Å². The number of para-hydroxylation sites is 2. The van der Waals surface area contributed by atoms with Gasteiger partial charge in [-0.25, -0.2) is 0 Å². The van der Waals surface area contributed by atoms with Crippen LogP contribution in [0.2, 0.25) is 54.6 Å². The lowest BCUT2D eigenvalue weighted by Gasteiger charge is -2.37. The van der Waals surface area contributed by atoms with E-state index in [4.69, 9.17) is 65.2 Å². The second-order valence-corrected chi connectivity index (χ2v) is 19.2. The van der Waals surface area contributed by atoms with Crippen LogP contribution in [0.4, 0.5) is 0 Å². The summed E-state index contributed by atoms with van der Waals surface area (Å²) in [4.78, 5) is 0. The van der Waals surface area contributed by atoms with Crippen molar-refractivity contribution >= 4 is 56.9 Å². The third kappa shape index (κ3) is 31.7. The molecule has 1 aromatic carbocycles. The van der Waals surface area contributed by atoms with Crippen molar-refractivity contribution in [3.05, 3.63) is 24.3 Å². The van der Waals surface area contributed by atoms with E-state index in [0.29, 0.717) is 12.0 Å². The molecule has 67 heavy (non-hydrogen) atoms. The molecule has 24 heteroatoms. The van der Waals surface area contributed by atoms with Crippen molar-refractivity contribution in [1.82, 2.24) is 0 Å². The van der Waals surface area contributed by atoms with Crippen LogP contribution in [0.25, 0.3) is 0 Å². The minimum Gasteiger partial charge on any atom is -0.523 e. The van der Waals surface area contributed by atoms with Crippen LogP contribution in [0.15, 0.2) is 24.3 Å². The number of benzene rings is 1. The van der Waals surface area contributed by atoms with E-state index in [9.17, 15) is 0 Å². The van der Waals surface area contributed by atoms with Gasteiger partial charge in [0.2, 0.25) is 0 Å². The van der Waals surface area contributed by atoms with Crippen LogP contribution in [0.3, 0.4) is 0 Å². The Hall–Kier alpha value is -1.22. The molecule has 7 rings (SSSR count). The summed E-state index contributed by atoms with van der Waals surface area (Å²) >= 11 is 0. The molecule has 5 saturated heterocycles. The van der Waals surface area contributed by atoms with Gasteiger partial charge in [-0.15, -0.1) is 0 Å². The second kappa shape index (κ2) is 34.2. The van der Waals surface area contributed by atoms with E-state index in [0.717, 1.165) is 70.8 Å². The number of fused-ring (bicyclic) bond motifs is 1. The topological polar surface area (TPSA) is 148 Å².